The Morgan fingerprint density at radius 3 is 1.89 bits per heavy atom. The van der Waals surface area contributed by atoms with Gasteiger partial charge in [-0.25, -0.2) is 19.1 Å². The number of hydrogen-bond acceptors (Lipinski definition) is 0. The molecule has 0 saturated heterocycles. The zero-order chi connectivity index (χ0) is 6.62. The molecular formula is C8H15K. The molecule has 0 aromatic rings. The van der Waals surface area contributed by atoms with Gasteiger partial charge in [0.1, 0.15) is 0 Å². The van der Waals surface area contributed by atoms with Crippen LogP contribution in [-0.4, -0.2) is 0 Å². The zero-order valence-corrected chi connectivity index (χ0v) is 10.2. The van der Waals surface area contributed by atoms with Crippen LogP contribution in [0, 0.1) is 12.3 Å². The molecule has 0 spiro atoms. The van der Waals surface area contributed by atoms with Crippen molar-refractivity contribution in [3.8, 4) is 0 Å². The average molecular weight is 150 g/mol. The van der Waals surface area contributed by atoms with Crippen molar-refractivity contribution in [2.24, 2.45) is 5.41 Å². The zero-order valence-electron chi connectivity index (χ0n) is 7.07. The first-order valence-corrected chi connectivity index (χ1v) is 3.00. The Morgan fingerprint density at radius 1 is 1.33 bits per heavy atom. The molecule has 0 unspecified atom stereocenters. The third-order valence-electron chi connectivity index (χ3n) is 0.897. The van der Waals surface area contributed by atoms with Crippen LogP contribution in [0.2, 0.25) is 0 Å². The summed E-state index contributed by atoms with van der Waals surface area (Å²) in [6.07, 6.45) is 5.07. The molecule has 0 N–H and O–H groups in total. The smallest absolute Gasteiger partial charge is 0.245 e. The molecule has 48 valence electrons. The fraction of sp³-hybridized carbons (Fsp3) is 0.625. The Balaban J connectivity index is 0. The summed E-state index contributed by atoms with van der Waals surface area (Å²) in [5.74, 6) is 0. The Bertz CT molecular complexity index is 77.1. The van der Waals surface area contributed by atoms with Gasteiger partial charge < -0.3 is 0 Å². The summed E-state index contributed by atoms with van der Waals surface area (Å²) in [5, 5.41) is 0. The molecule has 0 nitrogen and oxygen atoms in total. The van der Waals surface area contributed by atoms with E-state index in [-0.39, 0.29) is 51.4 Å². The molecule has 0 amide bonds. The standard InChI is InChI=1S/C8H15.K/c1-5-6-7-8(2,3)4;/h5-6H,1,7H2,2-4H3;/q-1;+1. The van der Waals surface area contributed by atoms with E-state index in [1.807, 2.05) is 6.08 Å². The van der Waals surface area contributed by atoms with Crippen LogP contribution in [0.4, 0.5) is 0 Å². The van der Waals surface area contributed by atoms with Gasteiger partial charge in [-0.1, -0.05) is 32.6 Å². The van der Waals surface area contributed by atoms with Crippen molar-refractivity contribution < 1.29 is 51.4 Å². The maximum absolute atomic E-state index is 3.61. The van der Waals surface area contributed by atoms with Crippen molar-refractivity contribution in [2.75, 3.05) is 0 Å². The topological polar surface area (TPSA) is 0 Å². The molecule has 0 radical (unpaired) electrons. The van der Waals surface area contributed by atoms with E-state index in [2.05, 4.69) is 33.8 Å². The van der Waals surface area contributed by atoms with E-state index in [9.17, 15) is 0 Å². The molecule has 0 aliphatic rings. The average Bonchev–Trinajstić information content (AvgIpc) is 1.59. The summed E-state index contributed by atoms with van der Waals surface area (Å²) < 4.78 is 0. The van der Waals surface area contributed by atoms with Crippen LogP contribution in [0.25, 0.3) is 0 Å². The molecule has 0 aliphatic carbocycles. The Kier molecular flexibility index (Phi) is 8.57. The summed E-state index contributed by atoms with van der Waals surface area (Å²) in [6, 6.07) is 0. The molecule has 0 saturated carbocycles. The first-order chi connectivity index (χ1) is 3.56. The fourth-order valence-electron chi connectivity index (χ4n) is 0.437. The van der Waals surface area contributed by atoms with Crippen molar-refractivity contribution in [3.05, 3.63) is 19.1 Å². The number of allylic oxidation sites excluding steroid dienone is 2. The van der Waals surface area contributed by atoms with Gasteiger partial charge in [0.05, 0.1) is 0 Å². The molecule has 0 heterocycles. The van der Waals surface area contributed by atoms with Crippen molar-refractivity contribution in [1.29, 1.82) is 0 Å². The predicted octanol–water partition coefficient (Wildman–Crippen LogP) is -0.183. The molecule has 0 atom stereocenters. The normalized spacial score (nSPS) is 11.4. The molecular weight excluding hydrogens is 135 g/mol. The van der Waals surface area contributed by atoms with Crippen molar-refractivity contribution in [2.45, 2.75) is 27.2 Å². The second-order valence-corrected chi connectivity index (χ2v) is 3.24. The van der Waals surface area contributed by atoms with Crippen LogP contribution >= 0.6 is 0 Å². The molecule has 0 aliphatic heterocycles. The molecule has 0 rings (SSSR count). The SMILES string of the molecule is [CH2-]C=CCC(C)(C)C.[K+]. The van der Waals surface area contributed by atoms with E-state index < -0.39 is 0 Å². The van der Waals surface area contributed by atoms with Gasteiger partial charge in [-0.05, 0) is 0 Å². The van der Waals surface area contributed by atoms with E-state index in [0.29, 0.717) is 5.41 Å². The maximum Gasteiger partial charge on any atom is 1.00 e. The van der Waals surface area contributed by atoms with Gasteiger partial charge in [0.15, 0.2) is 0 Å². The Hall–Kier alpha value is 1.25. The first-order valence-electron chi connectivity index (χ1n) is 3.00. The minimum atomic E-state index is 0. The maximum atomic E-state index is 3.61. The fourth-order valence-corrected chi connectivity index (χ4v) is 0.437. The van der Waals surface area contributed by atoms with Crippen molar-refractivity contribution in [1.82, 2.24) is 0 Å². The largest absolute Gasteiger partial charge is 1.00 e. The third-order valence-corrected chi connectivity index (χ3v) is 0.897. The summed E-state index contributed by atoms with van der Waals surface area (Å²) in [5.41, 5.74) is 0.425. The van der Waals surface area contributed by atoms with Crippen LogP contribution in [0.15, 0.2) is 12.2 Å². The molecule has 0 fully saturated rings. The van der Waals surface area contributed by atoms with Crippen LogP contribution in [0.1, 0.15) is 27.2 Å². The first kappa shape index (κ1) is 12.9. The van der Waals surface area contributed by atoms with Crippen LogP contribution in [0.3, 0.4) is 0 Å². The molecule has 0 aromatic heterocycles. The summed E-state index contributed by atoms with van der Waals surface area (Å²) in [4.78, 5) is 0. The molecule has 9 heavy (non-hydrogen) atoms. The minimum absolute atomic E-state index is 0. The van der Waals surface area contributed by atoms with Gasteiger partial charge in [0, 0.05) is 0 Å². The summed E-state index contributed by atoms with van der Waals surface area (Å²) in [7, 11) is 0. The molecule has 0 bridgehead atoms. The van der Waals surface area contributed by atoms with Gasteiger partial charge in [0.25, 0.3) is 0 Å². The number of rotatable bonds is 1. The van der Waals surface area contributed by atoms with E-state index in [4.69, 9.17) is 0 Å². The second kappa shape index (κ2) is 5.99. The van der Waals surface area contributed by atoms with Gasteiger partial charge in [0.2, 0.25) is 0 Å². The molecule has 0 aromatic carbocycles. The van der Waals surface area contributed by atoms with Crippen LogP contribution in [-0.2, 0) is 0 Å². The number of hydrogen-bond donors (Lipinski definition) is 0. The molecule has 1 heteroatoms. The second-order valence-electron chi connectivity index (χ2n) is 3.24. The Morgan fingerprint density at radius 2 is 1.78 bits per heavy atom. The summed E-state index contributed by atoms with van der Waals surface area (Å²) >= 11 is 0. The van der Waals surface area contributed by atoms with Crippen molar-refractivity contribution in [3.63, 3.8) is 0 Å². The third kappa shape index (κ3) is 12.4. The van der Waals surface area contributed by atoms with Crippen molar-refractivity contribution >= 4 is 0 Å². The van der Waals surface area contributed by atoms with E-state index in [1.165, 1.54) is 0 Å². The van der Waals surface area contributed by atoms with Crippen LogP contribution in [0.5, 0.6) is 0 Å². The van der Waals surface area contributed by atoms with E-state index in [1.54, 1.807) is 0 Å². The van der Waals surface area contributed by atoms with E-state index >= 15 is 0 Å². The minimum Gasteiger partial charge on any atom is -0.245 e. The van der Waals surface area contributed by atoms with Gasteiger partial charge in [-0.15, -0.1) is 0 Å². The predicted molar refractivity (Wildman–Crippen MR) is 38.6 cm³/mol. The van der Waals surface area contributed by atoms with Crippen LogP contribution < -0.4 is 51.4 Å². The Labute approximate surface area is 102 Å². The quantitative estimate of drug-likeness (QED) is 0.359. The van der Waals surface area contributed by atoms with E-state index in [0.717, 1.165) is 6.42 Å². The monoisotopic (exact) mass is 150 g/mol. The van der Waals surface area contributed by atoms with Gasteiger partial charge in [-0.3, -0.25) is 0 Å². The van der Waals surface area contributed by atoms with Gasteiger partial charge >= 0.3 is 51.4 Å². The summed E-state index contributed by atoms with van der Waals surface area (Å²) in [6.45, 7) is 10.3. The van der Waals surface area contributed by atoms with Gasteiger partial charge in [-0.2, -0.15) is 0 Å².